The Morgan fingerprint density at radius 3 is 2.76 bits per heavy atom. The van der Waals surface area contributed by atoms with Crippen LogP contribution < -0.4 is 5.32 Å². The molecule has 0 saturated heterocycles. The molecule has 0 aliphatic heterocycles. The number of rotatable bonds is 4. The zero-order valence-electron chi connectivity index (χ0n) is 10.8. The van der Waals surface area contributed by atoms with E-state index in [1.54, 1.807) is 7.48 Å². The maximum absolute atomic E-state index is 10.7. The summed E-state index contributed by atoms with van der Waals surface area (Å²) < 4.78 is 5.55. The minimum Gasteiger partial charge on any atom is -0.433 e. The first-order chi connectivity index (χ1) is 7.93. The van der Waals surface area contributed by atoms with Gasteiger partial charge in [0.2, 0.25) is 5.91 Å². The van der Waals surface area contributed by atoms with Crippen LogP contribution in [0.5, 0.6) is 0 Å². The van der Waals surface area contributed by atoms with Gasteiger partial charge in [0, 0.05) is 13.4 Å². The summed E-state index contributed by atoms with van der Waals surface area (Å²) in [4.78, 5) is 10.7. The molecule has 0 heterocycles. The van der Waals surface area contributed by atoms with Crippen LogP contribution in [0.1, 0.15) is 33.6 Å². The lowest BCUT2D eigenvalue weighted by atomic mass is 9.47. The summed E-state index contributed by atoms with van der Waals surface area (Å²) in [6.45, 7) is 5.93. The average molecular weight is 238 g/mol. The summed E-state index contributed by atoms with van der Waals surface area (Å²) >= 11 is 0. The first kappa shape index (κ1) is 12.9. The molecule has 0 aromatic rings. The van der Waals surface area contributed by atoms with E-state index in [9.17, 15) is 9.90 Å². The van der Waals surface area contributed by atoms with E-state index in [4.69, 9.17) is 4.65 Å². The van der Waals surface area contributed by atoms with Crippen LogP contribution >= 0.6 is 0 Å². The van der Waals surface area contributed by atoms with Gasteiger partial charge in [0.05, 0.1) is 12.2 Å². The predicted octanol–water partition coefficient (Wildman–Crippen LogP) is 0.511. The molecular weight excluding hydrogens is 217 g/mol. The summed E-state index contributed by atoms with van der Waals surface area (Å²) in [5.74, 6) is 0.952. The number of amides is 1. The molecule has 5 heteroatoms. The van der Waals surface area contributed by atoms with Gasteiger partial charge in [0.1, 0.15) is 0 Å². The number of aliphatic hydroxyl groups excluding tert-OH is 1. The summed E-state index contributed by atoms with van der Waals surface area (Å²) in [6, 6.07) is 0. The number of carbonyl (C=O) groups is 1. The van der Waals surface area contributed by atoms with Crippen molar-refractivity contribution in [2.24, 2.45) is 17.3 Å². The van der Waals surface area contributed by atoms with Crippen molar-refractivity contribution in [3.63, 3.8) is 0 Å². The van der Waals surface area contributed by atoms with Gasteiger partial charge in [-0.25, -0.2) is 0 Å². The van der Waals surface area contributed by atoms with Crippen LogP contribution in [0.25, 0.3) is 0 Å². The highest BCUT2D eigenvalue weighted by atomic mass is 16.5. The van der Waals surface area contributed by atoms with E-state index < -0.39 is 0 Å². The Bertz CT molecular complexity index is 308. The SMILES string of the molecule is CC(=O)NC[B]OC1CC2CC(C1O)C2(C)C. The van der Waals surface area contributed by atoms with Crippen LogP contribution in [-0.2, 0) is 9.45 Å². The highest BCUT2D eigenvalue weighted by molar-refractivity contribution is 6.28. The van der Waals surface area contributed by atoms with Crippen molar-refractivity contribution >= 4 is 13.4 Å². The smallest absolute Gasteiger partial charge is 0.313 e. The summed E-state index contributed by atoms with van der Waals surface area (Å²) in [6.07, 6.45) is 1.97. The Hall–Kier alpha value is -0.545. The van der Waals surface area contributed by atoms with E-state index in [1.165, 1.54) is 6.92 Å². The zero-order valence-corrected chi connectivity index (χ0v) is 10.8. The molecule has 2 N–H and O–H groups in total. The van der Waals surface area contributed by atoms with Gasteiger partial charge in [-0.2, -0.15) is 0 Å². The molecule has 95 valence electrons. The number of hydrogen-bond donors (Lipinski definition) is 2. The van der Waals surface area contributed by atoms with E-state index in [2.05, 4.69) is 19.2 Å². The highest BCUT2D eigenvalue weighted by Crippen LogP contribution is 2.59. The Kier molecular flexibility index (Phi) is 3.50. The molecule has 0 aromatic carbocycles. The first-order valence-electron chi connectivity index (χ1n) is 6.32. The largest absolute Gasteiger partial charge is 0.433 e. The van der Waals surface area contributed by atoms with Crippen molar-refractivity contribution < 1.29 is 14.6 Å². The van der Waals surface area contributed by atoms with Gasteiger partial charge in [0.25, 0.3) is 0 Å². The maximum atomic E-state index is 10.7. The molecule has 0 spiro atoms. The van der Waals surface area contributed by atoms with Gasteiger partial charge in [-0.3, -0.25) is 4.79 Å². The van der Waals surface area contributed by atoms with E-state index in [1.807, 2.05) is 0 Å². The fourth-order valence-corrected chi connectivity index (χ4v) is 3.21. The van der Waals surface area contributed by atoms with Crippen LogP contribution in [0.2, 0.25) is 0 Å². The molecule has 3 aliphatic carbocycles. The van der Waals surface area contributed by atoms with E-state index >= 15 is 0 Å². The minimum absolute atomic E-state index is 0.0713. The molecule has 0 aromatic heterocycles. The van der Waals surface area contributed by atoms with Crippen molar-refractivity contribution in [3.05, 3.63) is 0 Å². The van der Waals surface area contributed by atoms with Crippen LogP contribution in [0.3, 0.4) is 0 Å². The summed E-state index contributed by atoms with van der Waals surface area (Å²) in [5, 5.41) is 12.8. The normalized spacial score (nSPS) is 38.1. The molecule has 1 radical (unpaired) electrons. The first-order valence-corrected chi connectivity index (χ1v) is 6.32. The number of aliphatic hydroxyl groups is 1. The van der Waals surface area contributed by atoms with Crippen LogP contribution in [0.15, 0.2) is 0 Å². The molecular formula is C12H21BNO3. The molecule has 1 amide bonds. The molecule has 17 heavy (non-hydrogen) atoms. The third-order valence-corrected chi connectivity index (χ3v) is 4.56. The Balaban J connectivity index is 1.75. The molecule has 4 atom stereocenters. The van der Waals surface area contributed by atoms with E-state index in [0.717, 1.165) is 12.8 Å². The number of nitrogens with one attached hydrogen (secondary N) is 1. The molecule has 3 saturated carbocycles. The molecule has 4 nitrogen and oxygen atoms in total. The maximum Gasteiger partial charge on any atom is 0.313 e. The van der Waals surface area contributed by atoms with E-state index in [0.29, 0.717) is 18.3 Å². The summed E-state index contributed by atoms with van der Waals surface area (Å²) in [5.41, 5.74) is 0.261. The second kappa shape index (κ2) is 4.61. The third kappa shape index (κ3) is 2.36. The molecule has 3 rings (SSSR count). The lowest BCUT2D eigenvalue weighted by Gasteiger charge is -2.60. The number of hydrogen-bond acceptors (Lipinski definition) is 3. The topological polar surface area (TPSA) is 58.6 Å². The van der Waals surface area contributed by atoms with Gasteiger partial charge in [0.15, 0.2) is 0 Å². The standard InChI is InChI=1S/C12H21BNO3/c1-7(15)14-6-13-17-10-5-8-4-9(11(10)16)12(8,2)3/h8-11,16H,4-6H2,1-3H3,(H,14,15). The van der Waals surface area contributed by atoms with Crippen molar-refractivity contribution in [1.82, 2.24) is 5.32 Å². The quantitative estimate of drug-likeness (QED) is 0.554. The summed E-state index contributed by atoms with van der Waals surface area (Å²) in [7, 11) is 1.59. The lowest BCUT2D eigenvalue weighted by Crippen LogP contribution is -2.61. The van der Waals surface area contributed by atoms with Gasteiger partial charge >= 0.3 is 7.48 Å². The van der Waals surface area contributed by atoms with Gasteiger partial charge in [-0.05, 0) is 30.1 Å². The van der Waals surface area contributed by atoms with Crippen LogP contribution in [0.4, 0.5) is 0 Å². The second-order valence-corrected chi connectivity index (χ2v) is 5.87. The van der Waals surface area contributed by atoms with Crippen LogP contribution in [0, 0.1) is 17.3 Å². The highest BCUT2D eigenvalue weighted by Gasteiger charge is 2.57. The Labute approximate surface area is 103 Å². The monoisotopic (exact) mass is 238 g/mol. The molecule has 3 aliphatic rings. The fourth-order valence-electron chi connectivity index (χ4n) is 3.21. The van der Waals surface area contributed by atoms with Crippen LogP contribution in [-0.4, -0.2) is 37.1 Å². The third-order valence-electron chi connectivity index (χ3n) is 4.56. The van der Waals surface area contributed by atoms with Gasteiger partial charge in [-0.1, -0.05) is 13.8 Å². The second-order valence-electron chi connectivity index (χ2n) is 5.87. The Morgan fingerprint density at radius 2 is 2.24 bits per heavy atom. The zero-order chi connectivity index (χ0) is 12.6. The van der Waals surface area contributed by atoms with E-state index in [-0.39, 0.29) is 23.5 Å². The molecule has 3 fully saturated rings. The fraction of sp³-hybridized carbons (Fsp3) is 0.917. The predicted molar refractivity (Wildman–Crippen MR) is 65.3 cm³/mol. The van der Waals surface area contributed by atoms with Gasteiger partial charge in [-0.15, -0.1) is 0 Å². The molecule has 2 bridgehead atoms. The number of fused-ring (bicyclic) bond motifs is 2. The van der Waals surface area contributed by atoms with Crippen molar-refractivity contribution in [3.8, 4) is 0 Å². The Morgan fingerprint density at radius 1 is 1.53 bits per heavy atom. The van der Waals surface area contributed by atoms with Crippen molar-refractivity contribution in [2.75, 3.05) is 6.44 Å². The van der Waals surface area contributed by atoms with Crippen molar-refractivity contribution in [1.29, 1.82) is 0 Å². The minimum atomic E-state index is -0.372. The lowest BCUT2D eigenvalue weighted by molar-refractivity contribution is -0.185. The number of carbonyl (C=O) groups excluding carboxylic acids is 1. The molecule has 4 unspecified atom stereocenters. The average Bonchev–Trinajstić information content (AvgIpc) is 2.25. The van der Waals surface area contributed by atoms with Crippen molar-refractivity contribution in [2.45, 2.75) is 45.8 Å². The van der Waals surface area contributed by atoms with Gasteiger partial charge < -0.3 is 15.1 Å².